The molecule has 0 unspecified atom stereocenters. The lowest BCUT2D eigenvalue weighted by atomic mass is 10.2. The molecule has 2 aromatic rings. The van der Waals surface area contributed by atoms with Crippen LogP contribution in [0.15, 0.2) is 47.7 Å². The van der Waals surface area contributed by atoms with Crippen LogP contribution in [0.25, 0.3) is 6.08 Å². The summed E-state index contributed by atoms with van der Waals surface area (Å²) >= 11 is 1.63. The summed E-state index contributed by atoms with van der Waals surface area (Å²) in [5, 5.41) is 3.97. The molecule has 1 aromatic heterocycles. The second-order valence-corrected chi connectivity index (χ2v) is 3.61. The molecule has 14 heavy (non-hydrogen) atoms. The number of ether oxygens (including phenoxy) is 1. The molecule has 0 aliphatic rings. The Morgan fingerprint density at radius 3 is 2.43 bits per heavy atom. The predicted molar refractivity (Wildman–Crippen MR) is 60.9 cm³/mol. The van der Waals surface area contributed by atoms with Gasteiger partial charge in [0, 0.05) is 5.38 Å². The van der Waals surface area contributed by atoms with E-state index in [2.05, 4.69) is 6.58 Å². The molecular formula is C12H10OS. The molecule has 0 saturated heterocycles. The fraction of sp³-hybridized carbons (Fsp3) is 0. The first-order chi connectivity index (χ1) is 6.88. The maximum absolute atomic E-state index is 5.59. The van der Waals surface area contributed by atoms with Crippen LogP contribution in [0, 0.1) is 0 Å². The van der Waals surface area contributed by atoms with E-state index in [-0.39, 0.29) is 0 Å². The van der Waals surface area contributed by atoms with E-state index in [1.807, 2.05) is 47.2 Å². The summed E-state index contributed by atoms with van der Waals surface area (Å²) in [4.78, 5) is 0. The summed E-state index contributed by atoms with van der Waals surface area (Å²) in [6.45, 7) is 3.70. The van der Waals surface area contributed by atoms with Crippen molar-refractivity contribution in [2.75, 3.05) is 0 Å². The Kier molecular flexibility index (Phi) is 2.65. The predicted octanol–water partition coefficient (Wildman–Crippen LogP) is 4.18. The summed E-state index contributed by atoms with van der Waals surface area (Å²) in [5.74, 6) is 1.75. The molecule has 2 heteroatoms. The first-order valence-electron chi connectivity index (χ1n) is 4.31. The van der Waals surface area contributed by atoms with Gasteiger partial charge in [-0.1, -0.05) is 24.8 Å². The Bertz CT molecular complexity index is 400. The van der Waals surface area contributed by atoms with E-state index >= 15 is 0 Å². The van der Waals surface area contributed by atoms with Gasteiger partial charge in [0.15, 0.2) is 0 Å². The lowest BCUT2D eigenvalue weighted by molar-refractivity contribution is 0.485. The van der Waals surface area contributed by atoms with Crippen molar-refractivity contribution in [2.24, 2.45) is 0 Å². The Morgan fingerprint density at radius 1 is 1.07 bits per heavy atom. The molecule has 0 aliphatic carbocycles. The van der Waals surface area contributed by atoms with Crippen LogP contribution in [0.3, 0.4) is 0 Å². The maximum Gasteiger partial charge on any atom is 0.138 e. The normalized spacial score (nSPS) is 9.71. The Hall–Kier alpha value is -1.54. The average Bonchev–Trinajstić information content (AvgIpc) is 2.72. The molecule has 0 N–H and O–H groups in total. The zero-order chi connectivity index (χ0) is 9.80. The molecule has 0 amide bonds. The van der Waals surface area contributed by atoms with Crippen molar-refractivity contribution in [3.05, 3.63) is 53.2 Å². The summed E-state index contributed by atoms with van der Waals surface area (Å²) < 4.78 is 5.59. The van der Waals surface area contributed by atoms with Crippen LogP contribution in [0.1, 0.15) is 5.56 Å². The van der Waals surface area contributed by atoms with Gasteiger partial charge in [0.25, 0.3) is 0 Å². The molecule has 0 fully saturated rings. The lowest BCUT2D eigenvalue weighted by Gasteiger charge is -2.02. The minimum absolute atomic E-state index is 0.856. The molecule has 0 bridgehead atoms. The van der Waals surface area contributed by atoms with Gasteiger partial charge >= 0.3 is 0 Å². The fourth-order valence-electron chi connectivity index (χ4n) is 1.12. The molecule has 70 valence electrons. The highest BCUT2D eigenvalue weighted by atomic mass is 32.1. The van der Waals surface area contributed by atoms with Crippen LogP contribution in [0.4, 0.5) is 0 Å². The number of thiophene rings is 1. The topological polar surface area (TPSA) is 9.23 Å². The van der Waals surface area contributed by atoms with Gasteiger partial charge in [0.05, 0.1) is 0 Å². The maximum atomic E-state index is 5.59. The summed E-state index contributed by atoms with van der Waals surface area (Å²) in [6.07, 6.45) is 1.81. The van der Waals surface area contributed by atoms with Crippen molar-refractivity contribution in [2.45, 2.75) is 0 Å². The van der Waals surface area contributed by atoms with Crippen LogP contribution in [-0.2, 0) is 0 Å². The third-order valence-electron chi connectivity index (χ3n) is 1.85. The van der Waals surface area contributed by atoms with Gasteiger partial charge in [-0.15, -0.1) is 11.3 Å². The van der Waals surface area contributed by atoms with Gasteiger partial charge < -0.3 is 4.74 Å². The van der Waals surface area contributed by atoms with E-state index in [0.29, 0.717) is 0 Å². The van der Waals surface area contributed by atoms with E-state index in [1.165, 1.54) is 0 Å². The highest BCUT2D eigenvalue weighted by molar-refractivity contribution is 7.08. The Balaban J connectivity index is 2.14. The van der Waals surface area contributed by atoms with Crippen molar-refractivity contribution in [3.63, 3.8) is 0 Å². The van der Waals surface area contributed by atoms with Gasteiger partial charge in [-0.2, -0.15) is 0 Å². The fourth-order valence-corrected chi connectivity index (χ4v) is 1.67. The second kappa shape index (κ2) is 4.11. The largest absolute Gasteiger partial charge is 0.457 e. The van der Waals surface area contributed by atoms with E-state index < -0.39 is 0 Å². The highest BCUT2D eigenvalue weighted by Crippen LogP contribution is 2.23. The SMILES string of the molecule is C=Cc1ccc(Oc2ccsc2)cc1. The molecule has 1 nitrogen and oxygen atoms in total. The van der Waals surface area contributed by atoms with Crippen molar-refractivity contribution < 1.29 is 4.74 Å². The lowest BCUT2D eigenvalue weighted by Crippen LogP contribution is -1.80. The van der Waals surface area contributed by atoms with Gasteiger partial charge in [-0.3, -0.25) is 0 Å². The molecule has 0 radical (unpaired) electrons. The van der Waals surface area contributed by atoms with Crippen molar-refractivity contribution in [3.8, 4) is 11.5 Å². The van der Waals surface area contributed by atoms with Crippen LogP contribution >= 0.6 is 11.3 Å². The first kappa shape index (κ1) is 9.03. The highest BCUT2D eigenvalue weighted by Gasteiger charge is 1.96. The van der Waals surface area contributed by atoms with Gasteiger partial charge in [0.2, 0.25) is 0 Å². The van der Waals surface area contributed by atoms with Crippen molar-refractivity contribution >= 4 is 17.4 Å². The third kappa shape index (κ3) is 2.03. The smallest absolute Gasteiger partial charge is 0.138 e. The summed E-state index contributed by atoms with van der Waals surface area (Å²) in [7, 11) is 0. The average molecular weight is 202 g/mol. The molecule has 0 atom stereocenters. The zero-order valence-electron chi connectivity index (χ0n) is 7.64. The summed E-state index contributed by atoms with van der Waals surface area (Å²) in [6, 6.07) is 9.79. The van der Waals surface area contributed by atoms with Crippen LogP contribution in [0.2, 0.25) is 0 Å². The van der Waals surface area contributed by atoms with Gasteiger partial charge in [-0.05, 0) is 29.1 Å². The van der Waals surface area contributed by atoms with E-state index in [1.54, 1.807) is 11.3 Å². The first-order valence-corrected chi connectivity index (χ1v) is 5.25. The molecule has 0 spiro atoms. The van der Waals surface area contributed by atoms with E-state index in [9.17, 15) is 0 Å². The number of benzene rings is 1. The second-order valence-electron chi connectivity index (χ2n) is 2.83. The number of hydrogen-bond donors (Lipinski definition) is 0. The quantitative estimate of drug-likeness (QED) is 0.725. The monoisotopic (exact) mass is 202 g/mol. The summed E-state index contributed by atoms with van der Waals surface area (Å²) in [5.41, 5.74) is 1.10. The Labute approximate surface area is 87.3 Å². The van der Waals surface area contributed by atoms with Crippen molar-refractivity contribution in [1.82, 2.24) is 0 Å². The molecule has 0 saturated carbocycles. The minimum atomic E-state index is 0.856. The molecule has 2 rings (SSSR count). The number of hydrogen-bond acceptors (Lipinski definition) is 2. The Morgan fingerprint density at radius 2 is 1.86 bits per heavy atom. The minimum Gasteiger partial charge on any atom is -0.457 e. The van der Waals surface area contributed by atoms with E-state index in [0.717, 1.165) is 17.1 Å². The van der Waals surface area contributed by atoms with Crippen LogP contribution in [-0.4, -0.2) is 0 Å². The zero-order valence-corrected chi connectivity index (χ0v) is 8.46. The molecule has 0 aliphatic heterocycles. The van der Waals surface area contributed by atoms with Gasteiger partial charge in [0.1, 0.15) is 11.5 Å². The molecule has 1 aromatic carbocycles. The molecule has 1 heterocycles. The standard InChI is InChI=1S/C12H10OS/c1-2-10-3-5-11(6-4-10)13-12-7-8-14-9-12/h2-9H,1H2. The number of rotatable bonds is 3. The van der Waals surface area contributed by atoms with Gasteiger partial charge in [-0.25, -0.2) is 0 Å². The van der Waals surface area contributed by atoms with Crippen LogP contribution < -0.4 is 4.74 Å². The van der Waals surface area contributed by atoms with E-state index in [4.69, 9.17) is 4.74 Å². The van der Waals surface area contributed by atoms with Crippen LogP contribution in [0.5, 0.6) is 11.5 Å². The third-order valence-corrected chi connectivity index (χ3v) is 2.51. The molecular weight excluding hydrogens is 192 g/mol. The van der Waals surface area contributed by atoms with Crippen molar-refractivity contribution in [1.29, 1.82) is 0 Å².